The highest BCUT2D eigenvalue weighted by Crippen LogP contribution is 2.26. The molecule has 0 saturated heterocycles. The molecule has 0 aromatic carbocycles. The Kier molecular flexibility index (Phi) is 5.25. The van der Waals surface area contributed by atoms with Crippen molar-refractivity contribution in [1.82, 2.24) is 30.3 Å². The lowest BCUT2D eigenvalue weighted by atomic mass is 10.2. The quantitative estimate of drug-likeness (QED) is 0.673. The van der Waals surface area contributed by atoms with E-state index in [0.717, 1.165) is 10.6 Å². The van der Waals surface area contributed by atoms with Crippen LogP contribution in [0.15, 0.2) is 24.5 Å². The summed E-state index contributed by atoms with van der Waals surface area (Å²) in [5.41, 5.74) is 1.18. The Hall–Kier alpha value is -2.52. The van der Waals surface area contributed by atoms with Gasteiger partial charge in [0.25, 0.3) is 5.91 Å². The van der Waals surface area contributed by atoms with Gasteiger partial charge in [0.15, 0.2) is 11.5 Å². The molecule has 3 aromatic rings. The van der Waals surface area contributed by atoms with Crippen LogP contribution in [0.3, 0.4) is 0 Å². The summed E-state index contributed by atoms with van der Waals surface area (Å²) >= 11 is 1.65. The molecule has 1 atom stereocenters. The second kappa shape index (κ2) is 7.58. The van der Waals surface area contributed by atoms with Crippen LogP contribution in [0, 0.1) is 6.92 Å². The van der Waals surface area contributed by atoms with Crippen LogP contribution in [0.4, 0.5) is 0 Å². The van der Waals surface area contributed by atoms with Crippen LogP contribution in [0.5, 0.6) is 0 Å². The van der Waals surface area contributed by atoms with Gasteiger partial charge in [0.05, 0.1) is 23.2 Å². The van der Waals surface area contributed by atoms with Crippen molar-refractivity contribution >= 4 is 17.2 Å². The second-order valence-electron chi connectivity index (χ2n) is 5.65. The highest BCUT2D eigenvalue weighted by Gasteiger charge is 2.19. The van der Waals surface area contributed by atoms with E-state index in [4.69, 9.17) is 4.74 Å². The summed E-state index contributed by atoms with van der Waals surface area (Å²) in [4.78, 5) is 14.7. The number of hydrogen-bond acceptors (Lipinski definition) is 6. The maximum atomic E-state index is 12.5. The van der Waals surface area contributed by atoms with Gasteiger partial charge in [0.1, 0.15) is 6.33 Å². The number of nitrogens with one attached hydrogen (secondary N) is 2. The fourth-order valence-electron chi connectivity index (χ4n) is 2.44. The van der Waals surface area contributed by atoms with E-state index < -0.39 is 0 Å². The van der Waals surface area contributed by atoms with Crippen LogP contribution in [0.25, 0.3) is 10.6 Å². The first-order chi connectivity index (χ1) is 12.1. The van der Waals surface area contributed by atoms with Gasteiger partial charge in [-0.1, -0.05) is 0 Å². The van der Waals surface area contributed by atoms with Crippen molar-refractivity contribution < 1.29 is 9.53 Å². The van der Waals surface area contributed by atoms with Crippen LogP contribution in [-0.2, 0) is 11.3 Å². The van der Waals surface area contributed by atoms with Crippen LogP contribution in [0.2, 0.25) is 0 Å². The van der Waals surface area contributed by atoms with Crippen molar-refractivity contribution in [3.63, 3.8) is 0 Å². The Morgan fingerprint density at radius 2 is 2.32 bits per heavy atom. The lowest BCUT2D eigenvalue weighted by Crippen LogP contribution is -2.29. The van der Waals surface area contributed by atoms with Gasteiger partial charge in [-0.05, 0) is 32.0 Å². The molecule has 0 aliphatic heterocycles. The zero-order valence-electron chi connectivity index (χ0n) is 14.3. The maximum Gasteiger partial charge on any atom is 0.272 e. The predicted molar refractivity (Wildman–Crippen MR) is 94.4 cm³/mol. The number of aromatic nitrogens is 5. The van der Waals surface area contributed by atoms with Gasteiger partial charge < -0.3 is 14.6 Å². The SMILES string of the molecule is COCCn1cnnc1C(C)NC(=O)c1cc(-c2ccc(C)s2)[nH]n1. The number of methoxy groups -OCH3 is 1. The van der Waals surface area contributed by atoms with E-state index in [2.05, 4.69) is 25.7 Å². The van der Waals surface area contributed by atoms with Crippen molar-refractivity contribution in [3.8, 4) is 10.6 Å². The smallest absolute Gasteiger partial charge is 0.272 e. The van der Waals surface area contributed by atoms with Crippen LogP contribution in [0.1, 0.15) is 34.2 Å². The molecule has 1 amide bonds. The second-order valence-corrected chi connectivity index (χ2v) is 6.94. The summed E-state index contributed by atoms with van der Waals surface area (Å²) in [6, 6.07) is 5.50. The summed E-state index contributed by atoms with van der Waals surface area (Å²) in [5, 5.41) is 17.9. The molecule has 2 N–H and O–H groups in total. The molecule has 0 aliphatic rings. The largest absolute Gasteiger partial charge is 0.383 e. The summed E-state index contributed by atoms with van der Waals surface area (Å²) in [6.07, 6.45) is 1.63. The van der Waals surface area contributed by atoms with Gasteiger partial charge in [0, 0.05) is 18.5 Å². The standard InChI is InChI=1S/C16H20N6O2S/c1-10-4-5-14(25-10)12-8-13(20-19-12)16(23)18-11(2)15-21-17-9-22(15)6-7-24-3/h4-5,8-9,11H,6-7H2,1-3H3,(H,18,23)(H,19,20). The minimum Gasteiger partial charge on any atom is -0.383 e. The number of aromatic amines is 1. The van der Waals surface area contributed by atoms with E-state index in [0.29, 0.717) is 24.7 Å². The molecule has 3 aromatic heterocycles. The van der Waals surface area contributed by atoms with E-state index in [1.807, 2.05) is 30.5 Å². The zero-order chi connectivity index (χ0) is 17.8. The number of H-pyrrole nitrogens is 1. The molecule has 9 heteroatoms. The first kappa shape index (κ1) is 17.3. The average Bonchev–Trinajstić information content (AvgIpc) is 3.32. The molecular weight excluding hydrogens is 340 g/mol. The van der Waals surface area contributed by atoms with Crippen LogP contribution < -0.4 is 5.32 Å². The highest BCUT2D eigenvalue weighted by atomic mass is 32.1. The van der Waals surface area contributed by atoms with Crippen LogP contribution in [-0.4, -0.2) is 44.6 Å². The third-order valence-electron chi connectivity index (χ3n) is 3.73. The molecule has 0 saturated carbocycles. The maximum absolute atomic E-state index is 12.5. The van der Waals surface area contributed by atoms with Gasteiger partial charge in [-0.2, -0.15) is 5.10 Å². The van der Waals surface area contributed by atoms with E-state index in [9.17, 15) is 4.79 Å². The third kappa shape index (κ3) is 3.94. The zero-order valence-corrected chi connectivity index (χ0v) is 15.1. The molecule has 0 bridgehead atoms. The third-order valence-corrected chi connectivity index (χ3v) is 4.77. The Labute approximate surface area is 149 Å². The molecule has 0 spiro atoms. The molecule has 0 radical (unpaired) electrons. The van der Waals surface area contributed by atoms with E-state index in [1.54, 1.807) is 30.8 Å². The molecule has 0 fully saturated rings. The van der Waals surface area contributed by atoms with Gasteiger partial charge in [-0.25, -0.2) is 0 Å². The highest BCUT2D eigenvalue weighted by molar-refractivity contribution is 7.15. The fourth-order valence-corrected chi connectivity index (χ4v) is 3.27. The topological polar surface area (TPSA) is 97.7 Å². The lowest BCUT2D eigenvalue weighted by Gasteiger charge is -2.13. The minimum absolute atomic E-state index is 0.260. The van der Waals surface area contributed by atoms with Crippen LogP contribution >= 0.6 is 11.3 Å². The number of carbonyl (C=O) groups excluding carboxylic acids is 1. The van der Waals surface area contributed by atoms with Gasteiger partial charge in [-0.3, -0.25) is 9.89 Å². The van der Waals surface area contributed by atoms with Gasteiger partial charge >= 0.3 is 0 Å². The number of carbonyl (C=O) groups is 1. The molecule has 3 rings (SSSR count). The molecule has 3 heterocycles. The Bertz CT molecular complexity index is 852. The number of nitrogens with zero attached hydrogens (tertiary/aromatic N) is 4. The number of thiophene rings is 1. The summed E-state index contributed by atoms with van der Waals surface area (Å²) in [7, 11) is 1.64. The summed E-state index contributed by atoms with van der Waals surface area (Å²) in [6.45, 7) is 5.08. The first-order valence-electron chi connectivity index (χ1n) is 7.88. The van der Waals surface area contributed by atoms with Gasteiger partial charge in [0.2, 0.25) is 0 Å². The van der Waals surface area contributed by atoms with E-state index in [-0.39, 0.29) is 11.9 Å². The molecular formula is C16H20N6O2S. The number of amides is 1. The van der Waals surface area contributed by atoms with Crippen molar-refractivity contribution in [2.75, 3.05) is 13.7 Å². The summed E-state index contributed by atoms with van der Waals surface area (Å²) in [5.74, 6) is 0.416. The van der Waals surface area contributed by atoms with Crippen molar-refractivity contribution in [2.45, 2.75) is 26.4 Å². The minimum atomic E-state index is -0.295. The first-order valence-corrected chi connectivity index (χ1v) is 8.70. The number of rotatable bonds is 7. The summed E-state index contributed by atoms with van der Waals surface area (Å²) < 4.78 is 6.93. The molecule has 0 aliphatic carbocycles. The van der Waals surface area contributed by atoms with E-state index in [1.165, 1.54) is 4.88 Å². The normalized spacial score (nSPS) is 12.3. The molecule has 25 heavy (non-hydrogen) atoms. The van der Waals surface area contributed by atoms with Crippen molar-refractivity contribution in [3.05, 3.63) is 40.9 Å². The van der Waals surface area contributed by atoms with Crippen molar-refractivity contribution in [2.24, 2.45) is 0 Å². The Morgan fingerprint density at radius 3 is 3.04 bits per heavy atom. The Morgan fingerprint density at radius 1 is 1.48 bits per heavy atom. The van der Waals surface area contributed by atoms with Gasteiger partial charge in [-0.15, -0.1) is 21.5 Å². The molecule has 132 valence electrons. The number of ether oxygens (including phenoxy) is 1. The molecule has 8 nitrogen and oxygen atoms in total. The fraction of sp³-hybridized carbons (Fsp3) is 0.375. The number of hydrogen-bond donors (Lipinski definition) is 2. The van der Waals surface area contributed by atoms with E-state index >= 15 is 0 Å². The average molecular weight is 360 g/mol. The molecule has 1 unspecified atom stereocenters. The van der Waals surface area contributed by atoms with Crippen molar-refractivity contribution in [1.29, 1.82) is 0 Å². The Balaban J connectivity index is 1.68. The predicted octanol–water partition coefficient (Wildman–Crippen LogP) is 2.18. The lowest BCUT2D eigenvalue weighted by molar-refractivity contribution is 0.0932. The monoisotopic (exact) mass is 360 g/mol. The number of aryl methyl sites for hydroxylation is 1.